The molecule has 17 heavy (non-hydrogen) atoms. The number of nitrogens with one attached hydrogen (secondary N) is 1. The smallest absolute Gasteiger partial charge is 0.237 e. The number of likely N-dealkylation sites (N-methyl/N-ethyl adjacent to an activating group) is 2. The lowest BCUT2D eigenvalue weighted by Crippen LogP contribution is -2.54. The molecule has 0 spiro atoms. The molecule has 1 amide bonds. The first-order valence-electron chi connectivity index (χ1n) is 6.30. The fourth-order valence-electron chi connectivity index (χ4n) is 2.62. The summed E-state index contributed by atoms with van der Waals surface area (Å²) in [4.78, 5) is 13.9. The van der Waals surface area contributed by atoms with Crippen molar-refractivity contribution < 1.29 is 9.53 Å². The highest BCUT2D eigenvalue weighted by Gasteiger charge is 2.44. The molecular formula is C12H25N3O2. The van der Waals surface area contributed by atoms with E-state index in [0.717, 1.165) is 39.0 Å². The molecule has 5 nitrogen and oxygen atoms in total. The van der Waals surface area contributed by atoms with E-state index in [1.54, 1.807) is 7.11 Å². The molecule has 0 aromatic heterocycles. The molecule has 0 saturated heterocycles. The van der Waals surface area contributed by atoms with E-state index in [1.807, 2.05) is 6.92 Å². The normalized spacial score (nSPS) is 28.8. The average Bonchev–Trinajstić information content (AvgIpc) is 2.72. The number of ether oxygens (including phenoxy) is 1. The van der Waals surface area contributed by atoms with Crippen LogP contribution in [-0.2, 0) is 9.53 Å². The highest BCUT2D eigenvalue weighted by atomic mass is 16.5. The third kappa shape index (κ3) is 3.40. The molecular weight excluding hydrogens is 218 g/mol. The molecule has 0 radical (unpaired) electrons. The van der Waals surface area contributed by atoms with Crippen LogP contribution in [0.4, 0.5) is 0 Å². The van der Waals surface area contributed by atoms with E-state index >= 15 is 0 Å². The van der Waals surface area contributed by atoms with Crippen LogP contribution in [-0.4, -0.2) is 56.2 Å². The number of nitrogens with zero attached hydrogens (tertiary/aromatic N) is 1. The van der Waals surface area contributed by atoms with E-state index in [0.29, 0.717) is 6.04 Å². The second-order valence-corrected chi connectivity index (χ2v) is 4.85. The third-order valence-electron chi connectivity index (χ3n) is 3.75. The minimum absolute atomic E-state index is 0.220. The van der Waals surface area contributed by atoms with Crippen LogP contribution in [0.3, 0.4) is 0 Å². The molecule has 2 atom stereocenters. The first-order chi connectivity index (χ1) is 8.05. The molecule has 1 rings (SSSR count). The lowest BCUT2D eigenvalue weighted by molar-refractivity contribution is -0.124. The van der Waals surface area contributed by atoms with E-state index in [-0.39, 0.29) is 5.91 Å². The number of carbonyl (C=O) groups excluding carboxylic acids is 1. The molecule has 0 bridgehead atoms. The summed E-state index contributed by atoms with van der Waals surface area (Å²) in [6.45, 7) is 4.39. The predicted octanol–water partition coefficient (Wildman–Crippen LogP) is -0.0493. The maximum Gasteiger partial charge on any atom is 0.237 e. The number of rotatable bonds is 7. The first kappa shape index (κ1) is 14.4. The topological polar surface area (TPSA) is 67.6 Å². The van der Waals surface area contributed by atoms with Crippen molar-refractivity contribution in [1.82, 2.24) is 10.2 Å². The van der Waals surface area contributed by atoms with Gasteiger partial charge >= 0.3 is 0 Å². The Morgan fingerprint density at radius 2 is 2.35 bits per heavy atom. The molecule has 1 aliphatic carbocycles. The van der Waals surface area contributed by atoms with Gasteiger partial charge in [-0.15, -0.1) is 0 Å². The van der Waals surface area contributed by atoms with Crippen LogP contribution in [0.5, 0.6) is 0 Å². The van der Waals surface area contributed by atoms with Gasteiger partial charge in [0.25, 0.3) is 0 Å². The summed E-state index contributed by atoms with van der Waals surface area (Å²) in [5.74, 6) is -0.220. The van der Waals surface area contributed by atoms with E-state index in [1.165, 1.54) is 0 Å². The van der Waals surface area contributed by atoms with Gasteiger partial charge in [-0.3, -0.25) is 4.79 Å². The van der Waals surface area contributed by atoms with Gasteiger partial charge in [-0.25, -0.2) is 0 Å². The van der Waals surface area contributed by atoms with Crippen LogP contribution >= 0.6 is 0 Å². The van der Waals surface area contributed by atoms with Crippen molar-refractivity contribution in [3.63, 3.8) is 0 Å². The molecule has 2 unspecified atom stereocenters. The number of hydrogen-bond donors (Lipinski definition) is 2. The van der Waals surface area contributed by atoms with Crippen LogP contribution < -0.4 is 11.1 Å². The van der Waals surface area contributed by atoms with Crippen LogP contribution in [0.25, 0.3) is 0 Å². The van der Waals surface area contributed by atoms with Gasteiger partial charge < -0.3 is 20.7 Å². The van der Waals surface area contributed by atoms with E-state index < -0.39 is 5.54 Å². The van der Waals surface area contributed by atoms with Gasteiger partial charge in [0, 0.05) is 19.7 Å². The van der Waals surface area contributed by atoms with E-state index in [4.69, 9.17) is 10.5 Å². The van der Waals surface area contributed by atoms with Crippen molar-refractivity contribution in [2.45, 2.75) is 37.8 Å². The Bertz CT molecular complexity index is 260. The van der Waals surface area contributed by atoms with Crippen molar-refractivity contribution in [3.05, 3.63) is 0 Å². The molecule has 0 heterocycles. The Balaban J connectivity index is 2.56. The minimum Gasteiger partial charge on any atom is -0.383 e. The summed E-state index contributed by atoms with van der Waals surface area (Å²) in [6, 6.07) is 0.414. The van der Waals surface area contributed by atoms with Gasteiger partial charge in [0.05, 0.1) is 12.1 Å². The molecule has 0 aromatic carbocycles. The predicted molar refractivity (Wildman–Crippen MR) is 67.7 cm³/mol. The van der Waals surface area contributed by atoms with Crippen molar-refractivity contribution in [2.24, 2.45) is 5.73 Å². The standard InChI is InChI=1S/C12H25N3O2/c1-4-14-12(11(13)16)6-5-10(9-12)15(2)7-8-17-3/h10,14H,4-9H2,1-3H3,(H2,13,16). The van der Waals surface area contributed by atoms with Crippen LogP contribution in [0.1, 0.15) is 26.2 Å². The van der Waals surface area contributed by atoms with Gasteiger partial charge in [-0.2, -0.15) is 0 Å². The molecule has 0 aromatic rings. The van der Waals surface area contributed by atoms with Gasteiger partial charge in [0.1, 0.15) is 0 Å². The average molecular weight is 243 g/mol. The van der Waals surface area contributed by atoms with Crippen molar-refractivity contribution in [3.8, 4) is 0 Å². The molecule has 1 aliphatic rings. The Kier molecular flexibility index (Phi) is 5.36. The highest BCUT2D eigenvalue weighted by Crippen LogP contribution is 2.32. The zero-order chi connectivity index (χ0) is 12.9. The summed E-state index contributed by atoms with van der Waals surface area (Å²) in [5, 5.41) is 3.27. The maximum absolute atomic E-state index is 11.6. The highest BCUT2D eigenvalue weighted by molar-refractivity contribution is 5.85. The lowest BCUT2D eigenvalue weighted by Gasteiger charge is -2.29. The van der Waals surface area contributed by atoms with Gasteiger partial charge in [0.15, 0.2) is 0 Å². The van der Waals surface area contributed by atoms with E-state index in [2.05, 4.69) is 17.3 Å². The monoisotopic (exact) mass is 243 g/mol. The molecule has 1 saturated carbocycles. The molecule has 3 N–H and O–H groups in total. The summed E-state index contributed by atoms with van der Waals surface area (Å²) in [7, 11) is 3.78. The number of primary amides is 1. The van der Waals surface area contributed by atoms with Gasteiger partial charge in [-0.05, 0) is 32.9 Å². The number of amides is 1. The van der Waals surface area contributed by atoms with E-state index in [9.17, 15) is 4.79 Å². The largest absolute Gasteiger partial charge is 0.383 e. The summed E-state index contributed by atoms with van der Waals surface area (Å²) >= 11 is 0. The fraction of sp³-hybridized carbons (Fsp3) is 0.917. The second-order valence-electron chi connectivity index (χ2n) is 4.85. The van der Waals surface area contributed by atoms with Gasteiger partial charge in [-0.1, -0.05) is 6.92 Å². The number of methoxy groups -OCH3 is 1. The Morgan fingerprint density at radius 3 is 2.88 bits per heavy atom. The number of nitrogens with two attached hydrogens (primary N) is 1. The molecule has 100 valence electrons. The van der Waals surface area contributed by atoms with Crippen LogP contribution in [0.15, 0.2) is 0 Å². The number of hydrogen-bond acceptors (Lipinski definition) is 4. The third-order valence-corrected chi connectivity index (χ3v) is 3.75. The molecule has 5 heteroatoms. The summed E-state index contributed by atoms with van der Waals surface area (Å²) in [6.07, 6.45) is 2.64. The fourth-order valence-corrected chi connectivity index (χ4v) is 2.62. The first-order valence-corrected chi connectivity index (χ1v) is 6.30. The number of carbonyl (C=O) groups is 1. The van der Waals surface area contributed by atoms with Gasteiger partial charge in [0.2, 0.25) is 5.91 Å². The van der Waals surface area contributed by atoms with Crippen LogP contribution in [0, 0.1) is 0 Å². The quantitative estimate of drug-likeness (QED) is 0.658. The van der Waals surface area contributed by atoms with Crippen molar-refractivity contribution in [2.75, 3.05) is 33.9 Å². The molecule has 0 aliphatic heterocycles. The Labute approximate surface area is 104 Å². The van der Waals surface area contributed by atoms with Crippen LogP contribution in [0.2, 0.25) is 0 Å². The minimum atomic E-state index is -0.499. The SMILES string of the molecule is CCNC1(C(N)=O)CCC(N(C)CCOC)C1. The Hall–Kier alpha value is -0.650. The maximum atomic E-state index is 11.6. The lowest BCUT2D eigenvalue weighted by atomic mass is 9.96. The summed E-state index contributed by atoms with van der Waals surface area (Å²) in [5.41, 5.74) is 5.04. The summed E-state index contributed by atoms with van der Waals surface area (Å²) < 4.78 is 5.07. The Morgan fingerprint density at radius 1 is 1.65 bits per heavy atom. The second kappa shape index (κ2) is 6.33. The molecule has 1 fully saturated rings. The van der Waals surface area contributed by atoms with Crippen molar-refractivity contribution >= 4 is 5.91 Å². The zero-order valence-electron chi connectivity index (χ0n) is 11.2. The zero-order valence-corrected chi connectivity index (χ0v) is 11.2. The van der Waals surface area contributed by atoms with Crippen molar-refractivity contribution in [1.29, 1.82) is 0 Å².